The summed E-state index contributed by atoms with van der Waals surface area (Å²) in [5.41, 5.74) is -1.85. The molecule has 22 nitrogen and oxygen atoms in total. The first-order valence-corrected chi connectivity index (χ1v) is 29.6. The van der Waals surface area contributed by atoms with E-state index >= 15 is 0 Å². The average molecular weight is 1020 g/mol. The number of nitrogens with one attached hydrogen (secondary N) is 2. The summed E-state index contributed by atoms with van der Waals surface area (Å²) in [4.78, 5) is 67.7. The minimum Gasteiger partial charge on any atom is -0.474 e. The number of aromatic amines is 1. The molecule has 0 spiro atoms. The zero-order valence-electron chi connectivity index (χ0n) is 38.8. The van der Waals surface area contributed by atoms with Crippen molar-refractivity contribution in [3.05, 3.63) is 35.3 Å². The number of anilines is 1. The first-order chi connectivity index (χ1) is 31.1. The third-order valence-electron chi connectivity index (χ3n) is 11.7. The second-order valence-corrected chi connectivity index (χ2v) is 30.1. The van der Waals surface area contributed by atoms with Gasteiger partial charge in [-0.1, -0.05) is 69.2 Å². The minimum atomic E-state index is -4.06. The molecule has 66 heavy (non-hydrogen) atoms. The number of carbonyl (C=O) groups is 1. The molecule has 366 valence electrons. The lowest BCUT2D eigenvalue weighted by molar-refractivity contribution is -0.118. The molecule has 0 aromatic carbocycles. The van der Waals surface area contributed by atoms with Gasteiger partial charge in [-0.15, -0.1) is 9.42 Å². The third kappa shape index (κ3) is 12.6. The second-order valence-electron chi connectivity index (χ2n) is 17.9. The van der Waals surface area contributed by atoms with E-state index in [-0.39, 0.29) is 71.8 Å². The van der Waals surface area contributed by atoms with Crippen molar-refractivity contribution in [1.82, 2.24) is 29.5 Å². The molecule has 5 N–H and O–H groups in total. The highest BCUT2D eigenvalue weighted by Crippen LogP contribution is 2.56. The highest BCUT2D eigenvalue weighted by atomic mass is 32.5. The van der Waals surface area contributed by atoms with Crippen LogP contribution in [0.4, 0.5) is 5.95 Å². The predicted molar refractivity (Wildman–Crippen MR) is 248 cm³/mol. The van der Waals surface area contributed by atoms with Gasteiger partial charge in [0.1, 0.15) is 36.8 Å². The van der Waals surface area contributed by atoms with Gasteiger partial charge in [0, 0.05) is 35.1 Å². The SMILES string of the molecule is CC(C)C(=O)Nc1nc2c(ncn2[C@@H]2O[C@H](CO)[C@@H](O[Si](O[Si](O)(C(C)C)C(C)C)(C(C)C)C(C)C)[C@H]2O[P@](=S)(OCCC#N)OC[C@H]2C[C@@H](Oc3ccncn3)C[C@@H]2O[P+](=O)O)c(=O)[nH]1. The molecule has 1 unspecified atom stereocenters. The summed E-state index contributed by atoms with van der Waals surface area (Å²) in [5, 5.41) is 23.2. The van der Waals surface area contributed by atoms with Gasteiger partial charge in [-0.05, 0) is 40.4 Å². The number of fused-ring (bicyclic) bond motifs is 1. The van der Waals surface area contributed by atoms with E-state index in [9.17, 15) is 34.2 Å². The van der Waals surface area contributed by atoms with Gasteiger partial charge in [-0.2, -0.15) is 10.2 Å². The third-order valence-corrected chi connectivity index (χ3v) is 24.2. The standard InChI is InChI=1S/C39H62N8O14P2SSi2/c1-22(2)36(49)45-39-44-35-32(37(50)46-39)43-21-47(35)38-34(33(30(18-48)57-38)60-66(25(7)8,26(9)10)61-65(53,23(3)4)24(5)6)59-63(64,54-15-11-13-40)55-19-27-16-28(17-29(27)58-62(51)52)56-31-12-14-41-20-42-31/h12,14,20-30,33-34,38,48,53H,11,15-19H2,1-10H3,(H2-,44,45,46,49,50,51,52)/p+1/t27-,28-,29+,30-,33-,34-,38-,63+/m1/s1. The van der Waals surface area contributed by atoms with Crippen LogP contribution < -0.4 is 15.6 Å². The number of imidazole rings is 1. The zero-order valence-corrected chi connectivity index (χ0v) is 43.4. The van der Waals surface area contributed by atoms with Crippen LogP contribution in [0.1, 0.15) is 94.7 Å². The van der Waals surface area contributed by atoms with E-state index in [1.165, 1.54) is 23.4 Å². The van der Waals surface area contributed by atoms with Crippen molar-refractivity contribution in [2.75, 3.05) is 25.1 Å². The quantitative estimate of drug-likeness (QED) is 0.0405. The molecule has 0 radical (unpaired) electrons. The number of nitriles is 1. The Bertz CT molecular complexity index is 2260. The maximum Gasteiger partial charge on any atom is 0.695 e. The second kappa shape index (κ2) is 23.1. The van der Waals surface area contributed by atoms with Gasteiger partial charge < -0.3 is 37.0 Å². The summed E-state index contributed by atoms with van der Waals surface area (Å²) in [6, 6.07) is 3.60. The first-order valence-electron chi connectivity index (χ1n) is 21.9. The molecule has 1 saturated carbocycles. The first kappa shape index (κ1) is 53.9. The molecule has 4 heterocycles. The van der Waals surface area contributed by atoms with E-state index in [2.05, 4.69) is 30.2 Å². The van der Waals surface area contributed by atoms with Crippen molar-refractivity contribution in [1.29, 1.82) is 5.26 Å². The van der Waals surface area contributed by atoms with E-state index in [0.29, 0.717) is 5.88 Å². The van der Waals surface area contributed by atoms with Crippen LogP contribution >= 0.6 is 15.0 Å². The monoisotopic (exact) mass is 1020 g/mol. The number of nitrogens with zero attached hydrogens (tertiary/aromatic N) is 6. The number of hydrogen-bond donors (Lipinski definition) is 5. The topological polar surface area (TPSA) is 294 Å². The molecule has 2 fully saturated rings. The lowest BCUT2D eigenvalue weighted by Crippen LogP contribution is -2.62. The van der Waals surface area contributed by atoms with Gasteiger partial charge in [-0.3, -0.25) is 29.0 Å². The summed E-state index contributed by atoms with van der Waals surface area (Å²) in [5.74, 6) is -1.31. The van der Waals surface area contributed by atoms with Gasteiger partial charge in [0.2, 0.25) is 17.7 Å². The van der Waals surface area contributed by atoms with Crippen LogP contribution in [0.15, 0.2) is 29.7 Å². The Morgan fingerprint density at radius 3 is 2.36 bits per heavy atom. The summed E-state index contributed by atoms with van der Waals surface area (Å²) in [7, 11) is -10.2. The van der Waals surface area contributed by atoms with Gasteiger partial charge in [-0.25, -0.2) is 15.0 Å². The normalized spacial score (nSPS) is 23.9. The van der Waals surface area contributed by atoms with Crippen LogP contribution in [-0.2, 0) is 52.5 Å². The Morgan fingerprint density at radius 1 is 1.09 bits per heavy atom. The van der Waals surface area contributed by atoms with Crippen LogP contribution in [0.25, 0.3) is 11.2 Å². The van der Waals surface area contributed by atoms with Gasteiger partial charge in [0.05, 0.1) is 38.6 Å². The number of ether oxygens (including phenoxy) is 2. The Balaban J connectivity index is 1.62. The van der Waals surface area contributed by atoms with Crippen LogP contribution in [0, 0.1) is 23.2 Å². The Kier molecular flexibility index (Phi) is 18.8. The van der Waals surface area contributed by atoms with E-state index in [1.807, 2.05) is 61.5 Å². The van der Waals surface area contributed by atoms with E-state index in [4.69, 9.17) is 47.9 Å². The van der Waals surface area contributed by atoms with Crippen LogP contribution in [0.2, 0.25) is 22.2 Å². The fraction of sp³-hybridized carbons (Fsp3) is 0.718. The van der Waals surface area contributed by atoms with E-state index < -0.39 is 98.8 Å². The molecule has 3 aromatic heterocycles. The fourth-order valence-corrected chi connectivity index (χ4v) is 20.6. The van der Waals surface area contributed by atoms with E-state index in [0.717, 1.165) is 0 Å². The summed E-state index contributed by atoms with van der Waals surface area (Å²) < 4.78 is 65.3. The summed E-state index contributed by atoms with van der Waals surface area (Å²) in [6.07, 6.45) is -1.88. The molecule has 0 bridgehead atoms. The average Bonchev–Trinajstić information content (AvgIpc) is 3.94. The van der Waals surface area contributed by atoms with Crippen molar-refractivity contribution in [3.8, 4) is 11.9 Å². The molecule has 1 amide bonds. The minimum absolute atomic E-state index is 0.0268. The molecule has 3 aromatic rings. The van der Waals surface area contributed by atoms with Crippen molar-refractivity contribution in [2.45, 2.75) is 147 Å². The zero-order chi connectivity index (χ0) is 48.7. The Hall–Kier alpha value is -3.03. The van der Waals surface area contributed by atoms with Gasteiger partial charge in [0.15, 0.2) is 17.4 Å². The summed E-state index contributed by atoms with van der Waals surface area (Å²) in [6.45, 7) is 13.7. The number of aromatic nitrogens is 6. The smallest absolute Gasteiger partial charge is 0.474 e. The summed E-state index contributed by atoms with van der Waals surface area (Å²) >= 11 is 6.14. The number of carbonyl (C=O) groups excluding carboxylic acids is 1. The Morgan fingerprint density at radius 2 is 1.79 bits per heavy atom. The number of H-pyrrole nitrogens is 1. The van der Waals surface area contributed by atoms with Gasteiger partial charge in [0.25, 0.3) is 5.56 Å². The van der Waals surface area contributed by atoms with Crippen molar-refractivity contribution in [2.24, 2.45) is 11.8 Å². The maximum atomic E-state index is 13.4. The molecule has 1 aliphatic heterocycles. The lowest BCUT2D eigenvalue weighted by atomic mass is 10.1. The maximum absolute atomic E-state index is 13.4. The highest BCUT2D eigenvalue weighted by molar-refractivity contribution is 8.07. The van der Waals surface area contributed by atoms with Gasteiger partial charge >= 0.3 is 32.1 Å². The number of amides is 1. The molecule has 5 rings (SSSR count). The molecule has 1 aliphatic carbocycles. The number of aliphatic hydroxyl groups excluding tert-OH is 1. The van der Waals surface area contributed by atoms with Crippen LogP contribution in [-0.4, -0.2) is 118 Å². The molecule has 2 aliphatic rings. The van der Waals surface area contributed by atoms with Crippen LogP contribution in [0.5, 0.6) is 5.88 Å². The highest BCUT2D eigenvalue weighted by Gasteiger charge is 2.60. The molecule has 1 saturated heterocycles. The predicted octanol–water partition coefficient (Wildman–Crippen LogP) is 5.76. The number of rotatable bonds is 24. The number of hydrogen-bond acceptors (Lipinski definition) is 19. The molecular weight excluding hydrogens is 955 g/mol. The van der Waals surface area contributed by atoms with Crippen LogP contribution in [0.3, 0.4) is 0 Å². The molecule has 27 heteroatoms. The molecular formula is C39H63N8O14P2SSi2+. The van der Waals surface area contributed by atoms with Crippen molar-refractivity contribution in [3.63, 3.8) is 0 Å². The van der Waals surface area contributed by atoms with Crippen molar-refractivity contribution < 1.29 is 60.3 Å². The largest absolute Gasteiger partial charge is 0.695 e. The van der Waals surface area contributed by atoms with E-state index in [1.54, 1.807) is 19.9 Å². The lowest BCUT2D eigenvalue weighted by Gasteiger charge is -2.47. The Labute approximate surface area is 392 Å². The fourth-order valence-electron chi connectivity index (χ4n) is 8.05. The van der Waals surface area contributed by atoms with Crippen molar-refractivity contribution >= 4 is 66.9 Å². The molecule has 9 atom stereocenters. The number of aliphatic hydroxyl groups is 1.